The van der Waals surface area contributed by atoms with Crippen molar-refractivity contribution < 1.29 is 13.2 Å². The maximum atomic E-state index is 12.1. The topological polar surface area (TPSA) is 75.3 Å². The van der Waals surface area contributed by atoms with Crippen molar-refractivity contribution in [1.29, 1.82) is 0 Å². The SMILES string of the molecule is O=C(NC1CCNC2(CCC2)C1)C1CCS(=O)(=O)C1. The van der Waals surface area contributed by atoms with E-state index in [-0.39, 0.29) is 34.9 Å². The molecule has 0 bridgehead atoms. The lowest BCUT2D eigenvalue weighted by Crippen LogP contribution is -2.60. The van der Waals surface area contributed by atoms with Gasteiger partial charge in [0.2, 0.25) is 5.91 Å². The summed E-state index contributed by atoms with van der Waals surface area (Å²) in [6, 6.07) is 0.220. The predicted octanol–water partition coefficient (Wildman–Crippen LogP) is 0.212. The van der Waals surface area contributed by atoms with Crippen LogP contribution in [0.15, 0.2) is 0 Å². The molecule has 108 valence electrons. The summed E-state index contributed by atoms with van der Waals surface area (Å²) in [6.07, 6.45) is 6.12. The summed E-state index contributed by atoms with van der Waals surface area (Å²) in [6.45, 7) is 0.952. The van der Waals surface area contributed by atoms with Gasteiger partial charge in [-0.3, -0.25) is 4.79 Å². The van der Waals surface area contributed by atoms with Crippen LogP contribution in [0.2, 0.25) is 0 Å². The highest BCUT2D eigenvalue weighted by Gasteiger charge is 2.42. The molecule has 6 heteroatoms. The summed E-state index contributed by atoms with van der Waals surface area (Å²) < 4.78 is 22.8. The van der Waals surface area contributed by atoms with Crippen LogP contribution in [0, 0.1) is 5.92 Å². The summed E-state index contributed by atoms with van der Waals surface area (Å²) in [5.74, 6) is -0.171. The molecular formula is C13H22N2O3S. The van der Waals surface area contributed by atoms with E-state index in [0.717, 1.165) is 19.4 Å². The number of amides is 1. The first-order valence-electron chi connectivity index (χ1n) is 7.24. The normalized spacial score (nSPS) is 35.8. The van der Waals surface area contributed by atoms with E-state index in [1.807, 2.05) is 0 Å². The van der Waals surface area contributed by atoms with Crippen LogP contribution in [0.1, 0.15) is 38.5 Å². The first-order chi connectivity index (χ1) is 8.98. The fourth-order valence-corrected chi connectivity index (χ4v) is 5.33. The summed E-state index contributed by atoms with van der Waals surface area (Å²) in [7, 11) is -2.97. The average molecular weight is 286 g/mol. The highest BCUT2D eigenvalue weighted by Crippen LogP contribution is 2.38. The first kappa shape index (κ1) is 13.4. The van der Waals surface area contributed by atoms with Crippen LogP contribution in [0.25, 0.3) is 0 Å². The lowest BCUT2D eigenvalue weighted by atomic mass is 9.70. The second-order valence-corrected chi connectivity index (χ2v) is 8.59. The van der Waals surface area contributed by atoms with Crippen LogP contribution in [-0.2, 0) is 14.6 Å². The number of carbonyl (C=O) groups is 1. The Morgan fingerprint density at radius 3 is 2.63 bits per heavy atom. The van der Waals surface area contributed by atoms with Gasteiger partial charge < -0.3 is 10.6 Å². The number of piperidine rings is 1. The molecule has 1 amide bonds. The highest BCUT2D eigenvalue weighted by molar-refractivity contribution is 7.91. The number of sulfone groups is 1. The van der Waals surface area contributed by atoms with Crippen LogP contribution in [-0.4, -0.2) is 44.0 Å². The van der Waals surface area contributed by atoms with Gasteiger partial charge in [0, 0.05) is 11.6 Å². The largest absolute Gasteiger partial charge is 0.353 e. The van der Waals surface area contributed by atoms with E-state index in [2.05, 4.69) is 10.6 Å². The number of hydrogen-bond donors (Lipinski definition) is 2. The summed E-state index contributed by atoms with van der Waals surface area (Å²) in [5.41, 5.74) is 0.262. The van der Waals surface area contributed by atoms with Crippen LogP contribution in [0.5, 0.6) is 0 Å². The Morgan fingerprint density at radius 2 is 2.05 bits per heavy atom. The maximum absolute atomic E-state index is 12.1. The molecule has 3 rings (SSSR count). The third-order valence-electron chi connectivity index (χ3n) is 4.89. The Hall–Kier alpha value is -0.620. The molecule has 2 atom stereocenters. The molecule has 3 fully saturated rings. The molecule has 1 spiro atoms. The van der Waals surface area contributed by atoms with Crippen LogP contribution in [0.3, 0.4) is 0 Å². The number of rotatable bonds is 2. The second-order valence-electron chi connectivity index (χ2n) is 6.36. The molecule has 1 saturated carbocycles. The Bertz CT molecular complexity index is 470. The quantitative estimate of drug-likeness (QED) is 0.761. The molecule has 2 saturated heterocycles. The summed E-state index contributed by atoms with van der Waals surface area (Å²) in [4.78, 5) is 12.1. The van der Waals surface area contributed by atoms with Gasteiger partial charge in [-0.05, 0) is 45.1 Å². The van der Waals surface area contributed by atoms with E-state index in [1.54, 1.807) is 0 Å². The van der Waals surface area contributed by atoms with Crippen LogP contribution in [0.4, 0.5) is 0 Å². The molecule has 0 aromatic carbocycles. The predicted molar refractivity (Wildman–Crippen MR) is 72.5 cm³/mol. The summed E-state index contributed by atoms with van der Waals surface area (Å²) >= 11 is 0. The van der Waals surface area contributed by atoms with Crippen molar-refractivity contribution in [3.8, 4) is 0 Å². The van der Waals surface area contributed by atoms with Gasteiger partial charge in [-0.2, -0.15) is 0 Å². The number of carbonyl (C=O) groups excluding carboxylic acids is 1. The van der Waals surface area contributed by atoms with Crippen molar-refractivity contribution in [3.05, 3.63) is 0 Å². The zero-order valence-electron chi connectivity index (χ0n) is 11.2. The molecule has 0 aromatic rings. The molecule has 0 radical (unpaired) electrons. The lowest BCUT2D eigenvalue weighted by molar-refractivity contribution is -0.125. The van der Waals surface area contributed by atoms with E-state index in [1.165, 1.54) is 19.3 Å². The summed E-state index contributed by atoms with van der Waals surface area (Å²) in [5, 5.41) is 6.65. The van der Waals surface area contributed by atoms with Gasteiger partial charge in [0.15, 0.2) is 9.84 Å². The maximum Gasteiger partial charge on any atom is 0.224 e. The zero-order valence-corrected chi connectivity index (χ0v) is 12.0. The van der Waals surface area contributed by atoms with Gasteiger partial charge in [-0.25, -0.2) is 8.42 Å². The van der Waals surface area contributed by atoms with Crippen molar-refractivity contribution in [3.63, 3.8) is 0 Å². The van der Waals surface area contributed by atoms with Gasteiger partial charge in [0.25, 0.3) is 0 Å². The Labute approximate surface area is 114 Å². The zero-order chi connectivity index (χ0) is 13.5. The van der Waals surface area contributed by atoms with E-state index in [0.29, 0.717) is 6.42 Å². The second kappa shape index (κ2) is 4.74. The first-order valence-corrected chi connectivity index (χ1v) is 9.06. The number of hydrogen-bond acceptors (Lipinski definition) is 4. The average Bonchev–Trinajstić information content (AvgIpc) is 2.68. The Balaban J connectivity index is 1.55. The van der Waals surface area contributed by atoms with Crippen molar-refractivity contribution in [2.45, 2.75) is 50.1 Å². The minimum atomic E-state index is -2.97. The van der Waals surface area contributed by atoms with E-state index >= 15 is 0 Å². The fourth-order valence-electron chi connectivity index (χ4n) is 3.59. The van der Waals surface area contributed by atoms with E-state index in [9.17, 15) is 13.2 Å². The van der Waals surface area contributed by atoms with Crippen molar-refractivity contribution in [2.24, 2.45) is 5.92 Å². The fraction of sp³-hybridized carbons (Fsp3) is 0.923. The molecule has 3 aliphatic rings. The molecule has 2 N–H and O–H groups in total. The monoisotopic (exact) mass is 286 g/mol. The standard InChI is InChI=1S/C13H22N2O3S/c16-12(10-3-7-19(17,18)9-10)15-11-2-6-14-13(8-11)4-1-5-13/h10-11,14H,1-9H2,(H,15,16). The van der Waals surface area contributed by atoms with Gasteiger partial charge in [-0.1, -0.05) is 0 Å². The van der Waals surface area contributed by atoms with Gasteiger partial charge in [0.1, 0.15) is 0 Å². The van der Waals surface area contributed by atoms with Crippen molar-refractivity contribution >= 4 is 15.7 Å². The third kappa shape index (κ3) is 2.79. The molecule has 5 nitrogen and oxygen atoms in total. The molecule has 0 aromatic heterocycles. The van der Waals surface area contributed by atoms with Gasteiger partial charge >= 0.3 is 0 Å². The molecule has 2 aliphatic heterocycles. The van der Waals surface area contributed by atoms with Crippen LogP contribution < -0.4 is 10.6 Å². The Morgan fingerprint density at radius 1 is 1.26 bits per heavy atom. The number of nitrogens with one attached hydrogen (secondary N) is 2. The smallest absolute Gasteiger partial charge is 0.224 e. The van der Waals surface area contributed by atoms with Crippen LogP contribution >= 0.6 is 0 Å². The molecule has 19 heavy (non-hydrogen) atoms. The molecule has 1 aliphatic carbocycles. The minimum Gasteiger partial charge on any atom is -0.353 e. The highest BCUT2D eigenvalue weighted by atomic mass is 32.2. The van der Waals surface area contributed by atoms with Crippen molar-refractivity contribution in [1.82, 2.24) is 10.6 Å². The van der Waals surface area contributed by atoms with Gasteiger partial charge in [0.05, 0.1) is 17.4 Å². The molecular weight excluding hydrogens is 264 g/mol. The third-order valence-corrected chi connectivity index (χ3v) is 6.66. The van der Waals surface area contributed by atoms with Gasteiger partial charge in [-0.15, -0.1) is 0 Å². The van der Waals surface area contributed by atoms with E-state index < -0.39 is 9.84 Å². The Kier molecular flexibility index (Phi) is 3.33. The molecule has 2 heterocycles. The van der Waals surface area contributed by atoms with Crippen molar-refractivity contribution in [2.75, 3.05) is 18.1 Å². The minimum absolute atomic E-state index is 0.0367. The molecule has 2 unspecified atom stereocenters. The van der Waals surface area contributed by atoms with E-state index in [4.69, 9.17) is 0 Å². The lowest BCUT2D eigenvalue weighted by Gasteiger charge is -2.48.